The van der Waals surface area contributed by atoms with Gasteiger partial charge >= 0.3 is 18.1 Å². The number of carbonyl (C=O) groups is 3. The lowest BCUT2D eigenvalue weighted by molar-refractivity contribution is -0.124. The van der Waals surface area contributed by atoms with Gasteiger partial charge in [0.05, 0.1) is 157 Å². The number of hydrogen-bond acceptors (Lipinski definition) is 29. The smallest absolute Gasteiger partial charge is 0.405 e. The number of aromatic nitrogens is 12. The van der Waals surface area contributed by atoms with Gasteiger partial charge in [0, 0.05) is 82.0 Å². The summed E-state index contributed by atoms with van der Waals surface area (Å²) in [5.74, 6) is 8.08. The fourth-order valence-electron chi connectivity index (χ4n) is 18.0. The van der Waals surface area contributed by atoms with E-state index in [0.717, 1.165) is 87.4 Å². The fraction of sp³-hybridized carbons (Fsp3) is 0.829. The molecule has 6 heterocycles. The van der Waals surface area contributed by atoms with Gasteiger partial charge in [0.25, 0.3) is 0 Å². The molecule has 4 aromatic heterocycles. The van der Waals surface area contributed by atoms with Crippen molar-refractivity contribution in [2.45, 2.75) is 172 Å². The number of nitrogens with zero attached hydrogens (tertiary/aromatic N) is 14. The monoisotopic (exact) mass is 1560 g/mol. The molecule has 35 nitrogen and oxygen atoms in total. The van der Waals surface area contributed by atoms with Gasteiger partial charge in [-0.3, -0.25) is 9.59 Å². The Balaban J connectivity index is 0.408. The number of rotatable bonds is 55. The second-order valence-corrected chi connectivity index (χ2v) is 31.9. The van der Waals surface area contributed by atoms with Crippen LogP contribution in [0.1, 0.15) is 141 Å². The number of carbonyl (C=O) groups excluding carboxylic acids is 2. The van der Waals surface area contributed by atoms with Crippen molar-refractivity contribution >= 4 is 41.7 Å². The Bertz CT molecular complexity index is 3350. The van der Waals surface area contributed by atoms with Crippen LogP contribution in [0.3, 0.4) is 0 Å². The lowest BCUT2D eigenvalue weighted by atomic mass is 9.53. The standard InChI is InChI=1S/C76H123N19O16/c1-55-7-13-92(14-8-55)70-80-68(86-75-47-57-41-58(48-75)43-59(42-57)49-75)82-72(84-70)110-39-37-108-35-33-106-31-29-104-27-25-102-23-21-100-19-17-94-53-63(88-90-94)5-11-77-66(96)4-3-65(79-74(98)99)67(97)78-12-6-64-54-95(91-89-64)18-20-101-22-24-103-26-28-105-30-32-107-34-36-109-38-40-111-73-83-69(81-71(85-73)93-15-9-56(2)10-16-93)87-76-50-60-44-61(51-76)46-62(45-60)52-76/h53-62,65,79H,3-52H2,1-2H3,(H,77,96)(H,78,97)(H,98,99)(H,80,82,84,86)(H,81,83,85,87)/t57?,58?,59?,60?,61?,62?,65-,75?,76?/m0/s1. The molecule has 35 heteroatoms. The molecule has 2 aliphatic heterocycles. The molecule has 3 amide bonds. The normalized spacial score (nSPS) is 23.7. The van der Waals surface area contributed by atoms with E-state index in [1.54, 1.807) is 21.8 Å². The summed E-state index contributed by atoms with van der Waals surface area (Å²) in [5.41, 5.74) is 1.48. The van der Waals surface area contributed by atoms with Gasteiger partial charge in [0.1, 0.15) is 19.3 Å². The lowest BCUT2D eigenvalue weighted by Crippen LogP contribution is -2.55. The Morgan fingerprint density at radius 1 is 0.450 bits per heavy atom. The Hall–Kier alpha value is -7.09. The summed E-state index contributed by atoms with van der Waals surface area (Å²) in [4.78, 5) is 70.8. The van der Waals surface area contributed by atoms with Crippen LogP contribution in [-0.4, -0.2) is 285 Å². The molecule has 8 bridgehead atoms. The van der Waals surface area contributed by atoms with Crippen molar-refractivity contribution in [1.82, 2.24) is 75.8 Å². The van der Waals surface area contributed by atoms with Crippen LogP contribution < -0.4 is 45.9 Å². The Kier molecular flexibility index (Phi) is 33.0. The van der Waals surface area contributed by atoms with E-state index in [1.807, 2.05) is 0 Å². The zero-order valence-corrected chi connectivity index (χ0v) is 65.5. The predicted octanol–water partition coefficient (Wildman–Crippen LogP) is 5.23. The van der Waals surface area contributed by atoms with Crippen molar-refractivity contribution in [1.29, 1.82) is 0 Å². The first-order valence-corrected chi connectivity index (χ1v) is 41.2. The number of amides is 3. The SMILES string of the molecule is CC1CCN(c2nc(NC34CC5CC(CC(C5)C3)C4)nc(OCCOCCOCCOCCOCCOCCn3cc(CCNC(=O)CC[C@H](NC(=O)O)C(=O)NCCc4cn(CCOCCOCCOCCOCCOCCOc5nc(NC67CC8CC(CC(C8)C6)C7)nc(N6CCC(C)CC6)n5)nn4)nn3)n2)CC1. The van der Waals surface area contributed by atoms with E-state index in [9.17, 15) is 19.5 Å². The van der Waals surface area contributed by atoms with Gasteiger partial charge in [-0.1, -0.05) is 24.3 Å². The quantitative estimate of drug-likeness (QED) is 0.0308. The first-order valence-electron chi connectivity index (χ1n) is 41.2. The average Bonchev–Trinajstić information content (AvgIpc) is 1.15. The summed E-state index contributed by atoms with van der Waals surface area (Å²) in [6.45, 7) is 18.8. The van der Waals surface area contributed by atoms with Crippen molar-refractivity contribution in [3.63, 3.8) is 0 Å². The summed E-state index contributed by atoms with van der Waals surface area (Å²) in [6, 6.07) is -0.457. The van der Waals surface area contributed by atoms with Crippen LogP contribution in [0.5, 0.6) is 12.0 Å². The number of nitrogens with one attached hydrogen (secondary N) is 5. The second kappa shape index (κ2) is 44.0. The van der Waals surface area contributed by atoms with Crippen LogP contribution in [0, 0.1) is 47.3 Å². The number of ether oxygens (including phenoxy) is 12. The molecule has 618 valence electrons. The van der Waals surface area contributed by atoms with E-state index in [4.69, 9.17) is 86.7 Å². The molecule has 2 saturated heterocycles. The van der Waals surface area contributed by atoms with Crippen molar-refractivity contribution in [2.75, 3.05) is 205 Å². The van der Waals surface area contributed by atoms with Gasteiger partial charge in [0.15, 0.2) is 0 Å². The summed E-state index contributed by atoms with van der Waals surface area (Å²) in [5, 5.41) is 41.5. The van der Waals surface area contributed by atoms with Gasteiger partial charge in [-0.05, 0) is 156 Å². The van der Waals surface area contributed by atoms with Crippen molar-refractivity contribution in [3.8, 4) is 12.0 Å². The number of piperidine rings is 2. The summed E-state index contributed by atoms with van der Waals surface area (Å²) >= 11 is 0. The maximum Gasteiger partial charge on any atom is 0.405 e. The van der Waals surface area contributed by atoms with Crippen LogP contribution in [0.15, 0.2) is 12.4 Å². The van der Waals surface area contributed by atoms with Crippen LogP contribution in [0.25, 0.3) is 0 Å². The van der Waals surface area contributed by atoms with Gasteiger partial charge < -0.3 is 98.3 Å². The third-order valence-corrected chi connectivity index (χ3v) is 22.8. The number of anilines is 4. The molecule has 14 rings (SSSR count). The Labute approximate surface area is 651 Å². The zero-order chi connectivity index (χ0) is 76.7. The molecule has 10 aliphatic rings. The zero-order valence-electron chi connectivity index (χ0n) is 65.5. The van der Waals surface area contributed by atoms with E-state index < -0.39 is 18.0 Å². The molecule has 4 aromatic rings. The Morgan fingerprint density at radius 3 is 1.14 bits per heavy atom. The molecular formula is C76H123N19O16. The third kappa shape index (κ3) is 27.9. The van der Waals surface area contributed by atoms with Crippen LogP contribution >= 0.6 is 0 Å². The predicted molar refractivity (Wildman–Crippen MR) is 407 cm³/mol. The summed E-state index contributed by atoms with van der Waals surface area (Å²) < 4.78 is 72.3. The van der Waals surface area contributed by atoms with Gasteiger partial charge in [-0.15, -0.1) is 10.2 Å². The van der Waals surface area contributed by atoms with E-state index in [-0.39, 0.29) is 42.9 Å². The lowest BCUT2D eigenvalue weighted by Gasteiger charge is -2.56. The summed E-state index contributed by atoms with van der Waals surface area (Å²) in [7, 11) is 0. The first-order chi connectivity index (χ1) is 54.3. The van der Waals surface area contributed by atoms with Gasteiger partial charge in [-0.2, -0.15) is 29.9 Å². The van der Waals surface area contributed by atoms with Crippen molar-refractivity contribution in [3.05, 3.63) is 23.8 Å². The molecule has 0 unspecified atom stereocenters. The van der Waals surface area contributed by atoms with Crippen LogP contribution in [0.2, 0.25) is 0 Å². The number of carboxylic acid groups (broad SMARTS) is 1. The van der Waals surface area contributed by atoms with E-state index in [2.05, 4.69) is 70.9 Å². The minimum absolute atomic E-state index is 0.0412. The minimum Gasteiger partial charge on any atom is -0.465 e. The van der Waals surface area contributed by atoms with Crippen molar-refractivity contribution < 1.29 is 76.3 Å². The van der Waals surface area contributed by atoms with Crippen molar-refractivity contribution in [2.24, 2.45) is 47.3 Å². The highest BCUT2D eigenvalue weighted by Gasteiger charge is 2.53. The minimum atomic E-state index is -1.38. The van der Waals surface area contributed by atoms with E-state index >= 15 is 0 Å². The molecule has 8 aliphatic carbocycles. The Morgan fingerprint density at radius 2 is 0.784 bits per heavy atom. The molecule has 0 aromatic carbocycles. The molecular weight excluding hydrogens is 1430 g/mol. The second-order valence-electron chi connectivity index (χ2n) is 31.9. The maximum absolute atomic E-state index is 13.0. The largest absolute Gasteiger partial charge is 0.465 e. The highest BCUT2D eigenvalue weighted by atomic mass is 16.6. The molecule has 10 fully saturated rings. The van der Waals surface area contributed by atoms with E-state index in [0.29, 0.717) is 230 Å². The molecule has 111 heavy (non-hydrogen) atoms. The average molecular weight is 1560 g/mol. The maximum atomic E-state index is 13.0. The molecule has 1 atom stereocenters. The topological polar surface area (TPSA) is 388 Å². The molecule has 8 saturated carbocycles. The van der Waals surface area contributed by atoms with Gasteiger partial charge in [0.2, 0.25) is 35.6 Å². The molecule has 0 radical (unpaired) electrons. The summed E-state index contributed by atoms with van der Waals surface area (Å²) in [6.07, 6.45) is 22.8. The van der Waals surface area contributed by atoms with Crippen LogP contribution in [-0.2, 0) is 82.9 Å². The number of hydrogen-bond donors (Lipinski definition) is 6. The fourth-order valence-corrected chi connectivity index (χ4v) is 18.0. The van der Waals surface area contributed by atoms with E-state index in [1.165, 1.54) is 77.0 Å². The highest BCUT2D eigenvalue weighted by Crippen LogP contribution is 2.58. The molecule has 0 spiro atoms. The van der Waals surface area contributed by atoms with Crippen LogP contribution in [0.4, 0.5) is 28.6 Å². The van der Waals surface area contributed by atoms with Gasteiger partial charge in [-0.25, -0.2) is 14.2 Å². The highest BCUT2D eigenvalue weighted by molar-refractivity contribution is 5.86. The third-order valence-electron chi connectivity index (χ3n) is 22.8. The first kappa shape index (κ1) is 83.3. The molecule has 6 N–H and O–H groups in total.